The Morgan fingerprint density at radius 2 is 1.33 bits per heavy atom. The number of nitrogens with one attached hydrogen (secondary N) is 1. The SMILES string of the molecule is O=C(Nc1ccc([N+](=O)[O-])cc1)c1ccc([N+](=O)[O-])cc1[N+](=O)[O-]. The van der Waals surface area contributed by atoms with Crippen LogP contribution in [0.5, 0.6) is 0 Å². The fourth-order valence-corrected chi connectivity index (χ4v) is 1.84. The highest BCUT2D eigenvalue weighted by Gasteiger charge is 2.24. The van der Waals surface area contributed by atoms with Crippen molar-refractivity contribution in [2.45, 2.75) is 0 Å². The molecule has 0 aliphatic carbocycles. The average molecular weight is 332 g/mol. The largest absolute Gasteiger partial charge is 0.322 e. The normalized spacial score (nSPS) is 10.0. The number of hydrogen-bond donors (Lipinski definition) is 1. The van der Waals surface area contributed by atoms with Crippen molar-refractivity contribution >= 4 is 28.7 Å². The van der Waals surface area contributed by atoms with E-state index in [1.165, 1.54) is 12.1 Å². The Hall–Kier alpha value is -3.89. The van der Waals surface area contributed by atoms with Gasteiger partial charge in [-0.2, -0.15) is 0 Å². The minimum atomic E-state index is -0.905. The first-order chi connectivity index (χ1) is 11.3. The zero-order valence-electron chi connectivity index (χ0n) is 11.7. The minimum absolute atomic E-state index is 0.179. The van der Waals surface area contributed by atoms with Gasteiger partial charge in [0.05, 0.1) is 20.8 Å². The number of carbonyl (C=O) groups excluding carboxylic acids is 1. The van der Waals surface area contributed by atoms with Crippen LogP contribution in [0.1, 0.15) is 10.4 Å². The Morgan fingerprint density at radius 3 is 1.83 bits per heavy atom. The Balaban J connectivity index is 2.30. The zero-order valence-corrected chi connectivity index (χ0v) is 11.7. The summed E-state index contributed by atoms with van der Waals surface area (Å²) in [4.78, 5) is 42.0. The van der Waals surface area contributed by atoms with Gasteiger partial charge in [-0.05, 0) is 18.2 Å². The van der Waals surface area contributed by atoms with Crippen LogP contribution in [0.3, 0.4) is 0 Å². The molecule has 0 saturated carbocycles. The molecule has 11 nitrogen and oxygen atoms in total. The molecule has 2 aromatic carbocycles. The number of nitrogens with zero attached hydrogens (tertiary/aromatic N) is 3. The van der Waals surface area contributed by atoms with Crippen molar-refractivity contribution in [1.29, 1.82) is 0 Å². The first-order valence-corrected chi connectivity index (χ1v) is 6.28. The van der Waals surface area contributed by atoms with Crippen LogP contribution in [-0.4, -0.2) is 20.7 Å². The predicted octanol–water partition coefficient (Wildman–Crippen LogP) is 2.66. The maximum Gasteiger partial charge on any atom is 0.289 e. The molecule has 0 radical (unpaired) electrons. The van der Waals surface area contributed by atoms with Crippen LogP contribution in [0.4, 0.5) is 22.7 Å². The molecular weight excluding hydrogens is 324 g/mol. The number of hydrogen-bond acceptors (Lipinski definition) is 7. The van der Waals surface area contributed by atoms with Gasteiger partial charge in [-0.1, -0.05) is 0 Å². The summed E-state index contributed by atoms with van der Waals surface area (Å²) >= 11 is 0. The molecule has 1 amide bonds. The van der Waals surface area contributed by atoms with E-state index in [0.29, 0.717) is 6.07 Å². The van der Waals surface area contributed by atoms with Crippen molar-refractivity contribution in [3.63, 3.8) is 0 Å². The van der Waals surface area contributed by atoms with Crippen LogP contribution < -0.4 is 5.32 Å². The molecule has 0 atom stereocenters. The molecule has 2 aromatic rings. The third-order valence-electron chi connectivity index (χ3n) is 2.97. The summed E-state index contributed by atoms with van der Waals surface area (Å²) in [5.41, 5.74) is -1.62. The maximum atomic E-state index is 12.1. The quantitative estimate of drug-likeness (QED) is 0.650. The summed E-state index contributed by atoms with van der Waals surface area (Å²) in [6, 6.07) is 7.44. The van der Waals surface area contributed by atoms with Crippen molar-refractivity contribution in [2.75, 3.05) is 5.32 Å². The monoisotopic (exact) mass is 332 g/mol. The number of benzene rings is 2. The third kappa shape index (κ3) is 3.47. The smallest absolute Gasteiger partial charge is 0.289 e. The van der Waals surface area contributed by atoms with Crippen LogP contribution in [0, 0.1) is 30.3 Å². The number of rotatable bonds is 5. The Kier molecular flexibility index (Phi) is 4.45. The molecule has 0 bridgehead atoms. The highest BCUT2D eigenvalue weighted by atomic mass is 16.6. The molecule has 11 heteroatoms. The van der Waals surface area contributed by atoms with Crippen molar-refractivity contribution < 1.29 is 19.6 Å². The van der Waals surface area contributed by atoms with E-state index in [4.69, 9.17) is 0 Å². The first-order valence-electron chi connectivity index (χ1n) is 6.28. The molecule has 2 rings (SSSR count). The van der Waals surface area contributed by atoms with E-state index in [1.807, 2.05) is 0 Å². The lowest BCUT2D eigenvalue weighted by Gasteiger charge is -2.05. The van der Waals surface area contributed by atoms with Crippen LogP contribution in [0.25, 0.3) is 0 Å². The lowest BCUT2D eigenvalue weighted by molar-refractivity contribution is -0.394. The zero-order chi connectivity index (χ0) is 17.9. The van der Waals surface area contributed by atoms with Gasteiger partial charge in [0.15, 0.2) is 0 Å². The molecule has 122 valence electrons. The topological polar surface area (TPSA) is 159 Å². The molecule has 24 heavy (non-hydrogen) atoms. The van der Waals surface area contributed by atoms with Gasteiger partial charge in [0.1, 0.15) is 5.56 Å². The van der Waals surface area contributed by atoms with E-state index in [2.05, 4.69) is 5.32 Å². The number of amides is 1. The Bertz CT molecular complexity index is 848. The van der Waals surface area contributed by atoms with E-state index in [0.717, 1.165) is 24.3 Å². The molecule has 0 aliphatic rings. The van der Waals surface area contributed by atoms with Crippen molar-refractivity contribution in [1.82, 2.24) is 0 Å². The third-order valence-corrected chi connectivity index (χ3v) is 2.97. The molecule has 0 fully saturated rings. The standard InChI is InChI=1S/C13H8N4O7/c18-13(14-8-1-3-9(4-2-8)15(19)20)11-6-5-10(16(21)22)7-12(11)17(23)24/h1-7H,(H,14,18). The highest BCUT2D eigenvalue weighted by molar-refractivity contribution is 6.07. The van der Waals surface area contributed by atoms with Crippen molar-refractivity contribution in [3.8, 4) is 0 Å². The summed E-state index contributed by atoms with van der Waals surface area (Å²) in [6.45, 7) is 0. The molecule has 0 saturated heterocycles. The number of carbonyl (C=O) groups is 1. The van der Waals surface area contributed by atoms with Gasteiger partial charge in [-0.15, -0.1) is 0 Å². The van der Waals surface area contributed by atoms with Crippen molar-refractivity contribution in [3.05, 3.63) is 78.4 Å². The highest BCUT2D eigenvalue weighted by Crippen LogP contribution is 2.25. The van der Waals surface area contributed by atoms with Gasteiger partial charge in [0.25, 0.3) is 23.0 Å². The van der Waals surface area contributed by atoms with Gasteiger partial charge >= 0.3 is 0 Å². The predicted molar refractivity (Wildman–Crippen MR) is 80.8 cm³/mol. The molecule has 0 unspecified atom stereocenters. The van der Waals surface area contributed by atoms with Gasteiger partial charge in [-0.3, -0.25) is 35.1 Å². The summed E-state index contributed by atoms with van der Waals surface area (Å²) < 4.78 is 0. The number of non-ortho nitro benzene ring substituents is 2. The second-order valence-electron chi connectivity index (χ2n) is 4.47. The second-order valence-corrected chi connectivity index (χ2v) is 4.47. The summed E-state index contributed by atoms with van der Waals surface area (Å²) in [5.74, 6) is -0.870. The van der Waals surface area contributed by atoms with Gasteiger partial charge < -0.3 is 5.32 Å². The molecule has 0 spiro atoms. The second kappa shape index (κ2) is 6.48. The number of nitro groups is 3. The van der Waals surface area contributed by atoms with Crippen LogP contribution in [0.2, 0.25) is 0 Å². The maximum absolute atomic E-state index is 12.1. The van der Waals surface area contributed by atoms with Crippen LogP contribution >= 0.6 is 0 Å². The average Bonchev–Trinajstić information content (AvgIpc) is 2.54. The Labute approximate surface area is 133 Å². The first kappa shape index (κ1) is 16.5. The molecular formula is C13H8N4O7. The fourth-order valence-electron chi connectivity index (χ4n) is 1.84. The molecule has 0 heterocycles. The van der Waals surface area contributed by atoms with E-state index < -0.39 is 32.1 Å². The fraction of sp³-hybridized carbons (Fsp3) is 0. The lowest BCUT2D eigenvalue weighted by atomic mass is 10.1. The van der Waals surface area contributed by atoms with E-state index in [1.54, 1.807) is 0 Å². The minimum Gasteiger partial charge on any atom is -0.322 e. The van der Waals surface area contributed by atoms with E-state index in [9.17, 15) is 35.1 Å². The summed E-state index contributed by atoms with van der Waals surface area (Å²) in [6.07, 6.45) is 0. The van der Waals surface area contributed by atoms with Gasteiger partial charge in [0.2, 0.25) is 0 Å². The Morgan fingerprint density at radius 1 is 0.792 bits per heavy atom. The molecule has 1 N–H and O–H groups in total. The van der Waals surface area contributed by atoms with Crippen LogP contribution in [-0.2, 0) is 0 Å². The van der Waals surface area contributed by atoms with E-state index >= 15 is 0 Å². The summed E-state index contributed by atoms with van der Waals surface area (Å²) in [7, 11) is 0. The lowest BCUT2D eigenvalue weighted by Crippen LogP contribution is -2.14. The number of nitro benzene ring substituents is 3. The van der Waals surface area contributed by atoms with E-state index in [-0.39, 0.29) is 16.9 Å². The summed E-state index contributed by atoms with van der Waals surface area (Å²) in [5, 5.41) is 34.5. The van der Waals surface area contributed by atoms with Crippen LogP contribution in [0.15, 0.2) is 42.5 Å². The van der Waals surface area contributed by atoms with Crippen molar-refractivity contribution in [2.24, 2.45) is 0 Å². The van der Waals surface area contributed by atoms with Gasteiger partial charge in [0, 0.05) is 23.9 Å². The number of anilines is 1. The molecule has 0 aliphatic heterocycles. The van der Waals surface area contributed by atoms with Gasteiger partial charge in [-0.25, -0.2) is 0 Å². The molecule has 0 aromatic heterocycles.